The van der Waals surface area contributed by atoms with Gasteiger partial charge in [0.25, 0.3) is 0 Å². The molecule has 0 aliphatic heterocycles. The number of nitrogens with zero attached hydrogens (tertiary/aromatic N) is 2. The minimum atomic E-state index is 0.274. The van der Waals surface area contributed by atoms with E-state index in [2.05, 4.69) is 5.10 Å². The minimum Gasteiger partial charge on any atom is -0.382 e. The summed E-state index contributed by atoms with van der Waals surface area (Å²) in [4.78, 5) is 0. The molecular formula is C11H21N3O2. The molecule has 5 nitrogen and oxygen atoms in total. The van der Waals surface area contributed by atoms with Gasteiger partial charge < -0.3 is 15.2 Å². The summed E-state index contributed by atoms with van der Waals surface area (Å²) in [6.07, 6.45) is 3.08. The Kier molecular flexibility index (Phi) is 5.88. The molecular weight excluding hydrogens is 206 g/mol. The van der Waals surface area contributed by atoms with Crippen molar-refractivity contribution < 1.29 is 9.47 Å². The van der Waals surface area contributed by atoms with Gasteiger partial charge >= 0.3 is 0 Å². The Morgan fingerprint density at radius 3 is 2.81 bits per heavy atom. The van der Waals surface area contributed by atoms with E-state index in [0.717, 1.165) is 19.6 Å². The summed E-state index contributed by atoms with van der Waals surface area (Å²) >= 11 is 0. The van der Waals surface area contributed by atoms with Crippen LogP contribution < -0.4 is 5.73 Å². The van der Waals surface area contributed by atoms with Crippen molar-refractivity contribution in [3.8, 4) is 0 Å². The summed E-state index contributed by atoms with van der Waals surface area (Å²) in [6, 6.07) is 1.79. The van der Waals surface area contributed by atoms with Gasteiger partial charge in [-0.25, -0.2) is 0 Å². The van der Waals surface area contributed by atoms with E-state index in [0.29, 0.717) is 19.0 Å². The zero-order valence-corrected chi connectivity index (χ0v) is 10.1. The lowest BCUT2D eigenvalue weighted by molar-refractivity contribution is 0.0183. The fraction of sp³-hybridized carbons (Fsp3) is 0.727. The van der Waals surface area contributed by atoms with Crippen molar-refractivity contribution in [2.45, 2.75) is 32.9 Å². The molecule has 5 heteroatoms. The Labute approximate surface area is 96.5 Å². The van der Waals surface area contributed by atoms with Crippen molar-refractivity contribution in [1.29, 1.82) is 0 Å². The van der Waals surface area contributed by atoms with Crippen molar-refractivity contribution in [1.82, 2.24) is 9.78 Å². The normalized spacial score (nSPS) is 11.2. The number of nitrogens with two attached hydrogens (primary N) is 1. The van der Waals surface area contributed by atoms with Crippen LogP contribution in [0.15, 0.2) is 12.3 Å². The maximum Gasteiger partial charge on any atom is 0.145 e. The van der Waals surface area contributed by atoms with Crippen molar-refractivity contribution >= 4 is 5.82 Å². The molecule has 0 spiro atoms. The summed E-state index contributed by atoms with van der Waals surface area (Å²) in [7, 11) is 0. The van der Waals surface area contributed by atoms with Crippen LogP contribution in [0, 0.1) is 0 Å². The highest BCUT2D eigenvalue weighted by Crippen LogP contribution is 1.97. The molecule has 16 heavy (non-hydrogen) atoms. The van der Waals surface area contributed by atoms with Gasteiger partial charge in [-0.05, 0) is 26.3 Å². The number of nitrogen functional groups attached to an aromatic ring is 1. The predicted molar refractivity (Wildman–Crippen MR) is 63.2 cm³/mol. The van der Waals surface area contributed by atoms with E-state index in [1.165, 1.54) is 0 Å². The van der Waals surface area contributed by atoms with E-state index in [1.54, 1.807) is 6.07 Å². The molecule has 0 radical (unpaired) electrons. The van der Waals surface area contributed by atoms with Crippen LogP contribution in [0.3, 0.4) is 0 Å². The topological polar surface area (TPSA) is 62.3 Å². The smallest absolute Gasteiger partial charge is 0.145 e. The van der Waals surface area contributed by atoms with Gasteiger partial charge in [-0.3, -0.25) is 4.68 Å². The Bertz CT molecular complexity index is 287. The van der Waals surface area contributed by atoms with Crippen LogP contribution in [0.2, 0.25) is 0 Å². The van der Waals surface area contributed by atoms with E-state index in [9.17, 15) is 0 Å². The average molecular weight is 227 g/mol. The highest BCUT2D eigenvalue weighted by molar-refractivity contribution is 5.23. The average Bonchev–Trinajstić information content (AvgIpc) is 2.62. The van der Waals surface area contributed by atoms with Crippen molar-refractivity contribution in [2.24, 2.45) is 0 Å². The molecule has 1 aromatic rings. The predicted octanol–water partition coefficient (Wildman–Crippen LogP) is 1.30. The molecule has 1 aromatic heterocycles. The number of hydrogen-bond donors (Lipinski definition) is 1. The summed E-state index contributed by atoms with van der Waals surface area (Å²) in [5, 5.41) is 4.08. The number of anilines is 1. The van der Waals surface area contributed by atoms with Crippen molar-refractivity contribution in [2.75, 3.05) is 25.6 Å². The summed E-state index contributed by atoms with van der Waals surface area (Å²) in [5.41, 5.74) is 5.50. The summed E-state index contributed by atoms with van der Waals surface area (Å²) in [6.45, 7) is 6.90. The largest absolute Gasteiger partial charge is 0.382 e. The van der Waals surface area contributed by atoms with E-state index in [1.807, 2.05) is 24.7 Å². The monoisotopic (exact) mass is 227 g/mol. The fourth-order valence-corrected chi connectivity index (χ4v) is 1.28. The molecule has 92 valence electrons. The second kappa shape index (κ2) is 7.24. The summed E-state index contributed by atoms with van der Waals surface area (Å²) in [5.74, 6) is 0.561. The van der Waals surface area contributed by atoms with E-state index in [-0.39, 0.29) is 6.10 Å². The molecule has 0 atom stereocenters. The zero-order valence-electron chi connectivity index (χ0n) is 10.1. The number of rotatable bonds is 8. The van der Waals surface area contributed by atoms with Crippen LogP contribution in [0.1, 0.15) is 20.3 Å². The standard InChI is InChI=1S/C11H21N3O2/c1-10(2)16-9-8-15-7-3-5-14-6-4-11(12)13-14/h4,6,10H,3,5,7-9H2,1-2H3,(H2,12,13). The van der Waals surface area contributed by atoms with E-state index in [4.69, 9.17) is 15.2 Å². The number of ether oxygens (including phenoxy) is 2. The van der Waals surface area contributed by atoms with Crippen molar-refractivity contribution in [3.05, 3.63) is 12.3 Å². The third-order valence-electron chi connectivity index (χ3n) is 2.02. The van der Waals surface area contributed by atoms with Crippen LogP contribution in [0.5, 0.6) is 0 Å². The van der Waals surface area contributed by atoms with Gasteiger partial charge in [0.15, 0.2) is 0 Å². The van der Waals surface area contributed by atoms with E-state index < -0.39 is 0 Å². The number of aromatic nitrogens is 2. The molecule has 2 N–H and O–H groups in total. The quantitative estimate of drug-likeness (QED) is 0.680. The summed E-state index contributed by atoms with van der Waals surface area (Å²) < 4.78 is 12.6. The first-order valence-electron chi connectivity index (χ1n) is 5.67. The molecule has 0 aliphatic rings. The molecule has 0 unspecified atom stereocenters. The molecule has 1 rings (SSSR count). The highest BCUT2D eigenvalue weighted by Gasteiger charge is 1.96. The maximum atomic E-state index is 5.50. The zero-order chi connectivity index (χ0) is 11.8. The first-order chi connectivity index (χ1) is 7.68. The number of hydrogen-bond acceptors (Lipinski definition) is 4. The molecule has 1 heterocycles. The second-order valence-electron chi connectivity index (χ2n) is 3.89. The van der Waals surface area contributed by atoms with Crippen LogP contribution in [-0.2, 0) is 16.0 Å². The second-order valence-corrected chi connectivity index (χ2v) is 3.89. The molecule has 0 amide bonds. The van der Waals surface area contributed by atoms with Crippen LogP contribution >= 0.6 is 0 Å². The van der Waals surface area contributed by atoms with Gasteiger partial charge in [0, 0.05) is 19.3 Å². The lowest BCUT2D eigenvalue weighted by Crippen LogP contribution is -2.11. The lowest BCUT2D eigenvalue weighted by atomic mass is 10.4. The van der Waals surface area contributed by atoms with Gasteiger partial charge in [0.1, 0.15) is 5.82 Å². The van der Waals surface area contributed by atoms with Crippen LogP contribution in [-0.4, -0.2) is 35.7 Å². The van der Waals surface area contributed by atoms with Crippen molar-refractivity contribution in [3.63, 3.8) is 0 Å². The van der Waals surface area contributed by atoms with Gasteiger partial charge in [0.2, 0.25) is 0 Å². The Morgan fingerprint density at radius 2 is 2.19 bits per heavy atom. The maximum absolute atomic E-state index is 5.50. The SMILES string of the molecule is CC(C)OCCOCCCn1ccc(N)n1. The molecule has 0 saturated heterocycles. The molecule has 0 fully saturated rings. The van der Waals surface area contributed by atoms with Crippen LogP contribution in [0.4, 0.5) is 5.82 Å². The van der Waals surface area contributed by atoms with Gasteiger partial charge in [-0.15, -0.1) is 0 Å². The Hall–Kier alpha value is -1.07. The third kappa shape index (κ3) is 5.72. The Balaban J connectivity index is 1.92. The lowest BCUT2D eigenvalue weighted by Gasteiger charge is -2.08. The van der Waals surface area contributed by atoms with Gasteiger partial charge in [0.05, 0.1) is 19.3 Å². The first-order valence-corrected chi connectivity index (χ1v) is 5.67. The highest BCUT2D eigenvalue weighted by atomic mass is 16.5. The number of aryl methyl sites for hydroxylation is 1. The molecule has 0 aliphatic carbocycles. The fourth-order valence-electron chi connectivity index (χ4n) is 1.28. The minimum absolute atomic E-state index is 0.274. The molecule has 0 aromatic carbocycles. The third-order valence-corrected chi connectivity index (χ3v) is 2.02. The molecule has 0 bridgehead atoms. The van der Waals surface area contributed by atoms with Gasteiger partial charge in [-0.1, -0.05) is 0 Å². The first kappa shape index (κ1) is 13.0. The van der Waals surface area contributed by atoms with Gasteiger partial charge in [-0.2, -0.15) is 5.10 Å². The van der Waals surface area contributed by atoms with Crippen LogP contribution in [0.25, 0.3) is 0 Å². The Morgan fingerprint density at radius 1 is 1.38 bits per heavy atom. The molecule has 0 saturated carbocycles. The van der Waals surface area contributed by atoms with E-state index >= 15 is 0 Å².